The summed E-state index contributed by atoms with van der Waals surface area (Å²) in [5.41, 5.74) is -0.869. The van der Waals surface area contributed by atoms with Gasteiger partial charge in [-0.3, -0.25) is 9.80 Å². The molecule has 0 bridgehead atoms. The first-order valence-corrected chi connectivity index (χ1v) is 13.0. The highest BCUT2D eigenvalue weighted by atomic mass is 19.4. The molecule has 38 heavy (non-hydrogen) atoms. The molecular formula is C26H36F3N5O4. The summed E-state index contributed by atoms with van der Waals surface area (Å²) in [6, 6.07) is 2.85. The van der Waals surface area contributed by atoms with Gasteiger partial charge in [0, 0.05) is 51.5 Å². The van der Waals surface area contributed by atoms with E-state index < -0.39 is 29.8 Å². The van der Waals surface area contributed by atoms with Crippen LogP contribution in [0.5, 0.6) is 0 Å². The summed E-state index contributed by atoms with van der Waals surface area (Å²) >= 11 is 0. The third-order valence-electron chi connectivity index (χ3n) is 6.60. The maximum absolute atomic E-state index is 13.9. The fourth-order valence-electron chi connectivity index (χ4n) is 4.79. The zero-order valence-electron chi connectivity index (χ0n) is 22.1. The first-order chi connectivity index (χ1) is 18.1. The number of halogens is 3. The van der Waals surface area contributed by atoms with E-state index in [0.29, 0.717) is 44.8 Å². The van der Waals surface area contributed by atoms with Crippen LogP contribution in [-0.2, 0) is 15.7 Å². The molecule has 1 aromatic carbocycles. The van der Waals surface area contributed by atoms with Crippen LogP contribution in [0.2, 0.25) is 0 Å². The Labute approximate surface area is 221 Å². The molecule has 210 valence electrons. The number of amides is 4. The van der Waals surface area contributed by atoms with Crippen LogP contribution in [0.25, 0.3) is 0 Å². The normalized spacial score (nSPS) is 19.2. The summed E-state index contributed by atoms with van der Waals surface area (Å²) in [5, 5.41) is 5.48. The molecule has 0 saturated carbocycles. The Morgan fingerprint density at radius 3 is 2.50 bits per heavy atom. The lowest BCUT2D eigenvalue weighted by molar-refractivity contribution is -0.141. The number of likely N-dealkylation sites (N-methyl/N-ethyl adjacent to an activating group) is 1. The lowest BCUT2D eigenvalue weighted by atomic mass is 9.90. The average molecular weight is 540 g/mol. The van der Waals surface area contributed by atoms with Crippen LogP contribution in [0.3, 0.4) is 0 Å². The first kappa shape index (κ1) is 29.3. The smallest absolute Gasteiger partial charge is 0.416 e. The number of carbonyl (C=O) groups is 3. The Morgan fingerprint density at radius 1 is 1.11 bits per heavy atom. The molecule has 1 unspecified atom stereocenters. The number of hydrogen-bond acceptors (Lipinski definition) is 5. The summed E-state index contributed by atoms with van der Waals surface area (Å²) in [5.74, 6) is -0.779. The fourth-order valence-corrected chi connectivity index (χ4v) is 4.79. The zero-order valence-corrected chi connectivity index (χ0v) is 22.1. The monoisotopic (exact) mass is 539 g/mol. The zero-order chi connectivity index (χ0) is 27.9. The minimum atomic E-state index is -4.68. The fraction of sp³-hybridized carbons (Fsp3) is 0.577. The number of alkyl halides is 3. The predicted molar refractivity (Wildman–Crippen MR) is 135 cm³/mol. The van der Waals surface area contributed by atoms with E-state index in [1.54, 1.807) is 18.7 Å². The van der Waals surface area contributed by atoms with Gasteiger partial charge in [0.05, 0.1) is 23.8 Å². The Hall–Kier alpha value is -3.28. The van der Waals surface area contributed by atoms with E-state index in [4.69, 9.17) is 4.74 Å². The molecule has 0 spiro atoms. The van der Waals surface area contributed by atoms with Crippen molar-refractivity contribution in [3.05, 3.63) is 46.7 Å². The average Bonchev–Trinajstić information content (AvgIpc) is 3.12. The molecule has 0 aromatic heterocycles. The Balaban J connectivity index is 2.01. The van der Waals surface area contributed by atoms with Crippen molar-refractivity contribution in [3.8, 4) is 0 Å². The van der Waals surface area contributed by atoms with E-state index >= 15 is 0 Å². The summed E-state index contributed by atoms with van der Waals surface area (Å²) in [7, 11) is 0. The molecule has 9 nitrogen and oxygen atoms in total. The quantitative estimate of drug-likeness (QED) is 0.491. The van der Waals surface area contributed by atoms with E-state index in [1.165, 1.54) is 23.1 Å². The number of rotatable bonds is 8. The number of esters is 1. The van der Waals surface area contributed by atoms with Gasteiger partial charge in [0.1, 0.15) is 0 Å². The number of urea groups is 2. The summed E-state index contributed by atoms with van der Waals surface area (Å²) in [6.07, 6.45) is -3.19. The van der Waals surface area contributed by atoms with E-state index in [1.807, 2.05) is 11.8 Å². The lowest BCUT2D eigenvalue weighted by Crippen LogP contribution is -2.51. The van der Waals surface area contributed by atoms with E-state index in [0.717, 1.165) is 12.5 Å². The molecule has 2 aliphatic rings. The lowest BCUT2D eigenvalue weighted by Gasteiger charge is -2.38. The van der Waals surface area contributed by atoms with Crippen molar-refractivity contribution in [2.24, 2.45) is 0 Å². The standard InChI is InChI=1S/C26H36F3N5O4/c1-4-12-30-24(36)33-14-9-13-32(15-16-33)17-20-21(23(35)38-6-3)22(31-25(37)34(20)5-2)18-10-7-8-11-19(18)26(27,28)29/h7-8,10-11,22H,4-6,9,12-17H2,1-3H3,(H,30,36)(H,31,37). The van der Waals surface area contributed by atoms with Crippen molar-refractivity contribution >= 4 is 18.0 Å². The van der Waals surface area contributed by atoms with Crippen molar-refractivity contribution in [1.29, 1.82) is 0 Å². The van der Waals surface area contributed by atoms with Gasteiger partial charge in [-0.2, -0.15) is 13.2 Å². The number of hydrogen-bond donors (Lipinski definition) is 2. The van der Waals surface area contributed by atoms with Crippen LogP contribution in [-0.4, -0.2) is 85.2 Å². The van der Waals surface area contributed by atoms with Crippen LogP contribution in [0.4, 0.5) is 22.8 Å². The van der Waals surface area contributed by atoms with Crippen LogP contribution >= 0.6 is 0 Å². The number of nitrogens with one attached hydrogen (secondary N) is 2. The third-order valence-corrected chi connectivity index (χ3v) is 6.60. The minimum Gasteiger partial charge on any atom is -0.463 e. The van der Waals surface area contributed by atoms with Crippen molar-refractivity contribution in [1.82, 2.24) is 25.3 Å². The molecule has 1 aromatic rings. The highest BCUT2D eigenvalue weighted by Crippen LogP contribution is 2.39. The van der Waals surface area contributed by atoms with Gasteiger partial charge in [-0.05, 0) is 38.3 Å². The number of benzene rings is 1. The van der Waals surface area contributed by atoms with Gasteiger partial charge in [-0.15, -0.1) is 0 Å². The number of ether oxygens (including phenoxy) is 1. The topological polar surface area (TPSA) is 94.2 Å². The largest absolute Gasteiger partial charge is 0.463 e. The molecule has 1 fully saturated rings. The van der Waals surface area contributed by atoms with Gasteiger partial charge >= 0.3 is 24.2 Å². The number of carbonyl (C=O) groups excluding carboxylic acids is 3. The van der Waals surface area contributed by atoms with E-state index in [9.17, 15) is 27.6 Å². The van der Waals surface area contributed by atoms with Gasteiger partial charge in [0.15, 0.2) is 0 Å². The van der Waals surface area contributed by atoms with Gasteiger partial charge in [0.25, 0.3) is 0 Å². The van der Waals surface area contributed by atoms with Crippen LogP contribution < -0.4 is 10.6 Å². The molecule has 1 atom stereocenters. The molecule has 2 aliphatic heterocycles. The van der Waals surface area contributed by atoms with Crippen molar-refractivity contribution in [2.75, 3.05) is 52.4 Å². The molecule has 0 aliphatic carbocycles. The predicted octanol–water partition coefficient (Wildman–Crippen LogP) is 3.74. The maximum Gasteiger partial charge on any atom is 0.416 e. The van der Waals surface area contributed by atoms with Crippen LogP contribution in [0.1, 0.15) is 50.8 Å². The minimum absolute atomic E-state index is 0.0215. The van der Waals surface area contributed by atoms with Gasteiger partial charge in [-0.1, -0.05) is 25.1 Å². The summed E-state index contributed by atoms with van der Waals surface area (Å²) in [6.45, 7) is 8.32. The Bertz CT molecular complexity index is 1050. The van der Waals surface area contributed by atoms with E-state index in [-0.39, 0.29) is 36.9 Å². The highest BCUT2D eigenvalue weighted by Gasteiger charge is 2.42. The molecule has 0 radical (unpaired) electrons. The summed E-state index contributed by atoms with van der Waals surface area (Å²) in [4.78, 5) is 43.9. The van der Waals surface area contributed by atoms with Gasteiger partial charge < -0.3 is 20.3 Å². The summed E-state index contributed by atoms with van der Waals surface area (Å²) < 4.78 is 47.0. The second-order valence-electron chi connectivity index (χ2n) is 9.14. The van der Waals surface area contributed by atoms with Crippen molar-refractivity contribution in [3.63, 3.8) is 0 Å². The van der Waals surface area contributed by atoms with Crippen molar-refractivity contribution < 1.29 is 32.3 Å². The van der Waals surface area contributed by atoms with Crippen molar-refractivity contribution in [2.45, 2.75) is 45.8 Å². The van der Waals surface area contributed by atoms with Crippen LogP contribution in [0, 0.1) is 0 Å². The molecule has 2 N–H and O–H groups in total. The number of nitrogens with zero attached hydrogens (tertiary/aromatic N) is 3. The third kappa shape index (κ3) is 6.77. The van der Waals surface area contributed by atoms with Gasteiger partial charge in [0.2, 0.25) is 0 Å². The maximum atomic E-state index is 13.9. The molecule has 2 heterocycles. The Kier molecular flexibility index (Phi) is 10.0. The molecule has 12 heteroatoms. The molecule has 3 rings (SSSR count). The molecule has 4 amide bonds. The van der Waals surface area contributed by atoms with E-state index in [2.05, 4.69) is 10.6 Å². The second kappa shape index (κ2) is 13.0. The van der Waals surface area contributed by atoms with Crippen LogP contribution in [0.15, 0.2) is 35.5 Å². The SMILES string of the molecule is CCCNC(=O)N1CCCN(CC2=C(C(=O)OCC)C(c3ccccc3C(F)(F)F)NC(=O)N2CC)CC1. The second-order valence-corrected chi connectivity index (χ2v) is 9.14. The molecule has 1 saturated heterocycles. The first-order valence-electron chi connectivity index (χ1n) is 13.0. The molecular weight excluding hydrogens is 503 g/mol. The highest BCUT2D eigenvalue weighted by molar-refractivity contribution is 5.95. The van der Waals surface area contributed by atoms with Gasteiger partial charge in [-0.25, -0.2) is 14.4 Å². The Morgan fingerprint density at radius 2 is 1.84 bits per heavy atom.